The van der Waals surface area contributed by atoms with Gasteiger partial charge in [-0.3, -0.25) is 0 Å². The van der Waals surface area contributed by atoms with Crippen molar-refractivity contribution < 1.29 is 17.9 Å². The van der Waals surface area contributed by atoms with Crippen LogP contribution in [0.2, 0.25) is 0 Å². The number of halogens is 3. The van der Waals surface area contributed by atoms with Crippen LogP contribution in [0.25, 0.3) is 0 Å². The van der Waals surface area contributed by atoms with Crippen molar-refractivity contribution >= 4 is 11.3 Å². The van der Waals surface area contributed by atoms with Crippen molar-refractivity contribution in [2.24, 2.45) is 0 Å². The number of nitrogens with zero attached hydrogens (tertiary/aromatic N) is 1. The molecule has 1 aromatic heterocycles. The Bertz CT molecular complexity index is 385. The molecular weight excluding hydrogens is 253 g/mol. The topological polar surface area (TPSA) is 34.1 Å². The lowest BCUT2D eigenvalue weighted by atomic mass is 10.1. The molecule has 2 heterocycles. The summed E-state index contributed by atoms with van der Waals surface area (Å²) in [5.41, 5.74) is -0.751. The molecule has 1 aliphatic rings. The van der Waals surface area contributed by atoms with Gasteiger partial charge in [-0.25, -0.2) is 4.98 Å². The molecular formula is C10H13F3N2OS. The van der Waals surface area contributed by atoms with Gasteiger partial charge in [-0.05, 0) is 13.5 Å². The van der Waals surface area contributed by atoms with Gasteiger partial charge in [0.25, 0.3) is 0 Å². The van der Waals surface area contributed by atoms with Crippen molar-refractivity contribution in [1.82, 2.24) is 10.3 Å². The van der Waals surface area contributed by atoms with Gasteiger partial charge in [0.15, 0.2) is 5.69 Å². The Morgan fingerprint density at radius 1 is 1.53 bits per heavy atom. The first kappa shape index (κ1) is 12.8. The minimum absolute atomic E-state index is 0.0201. The maximum absolute atomic E-state index is 12.8. The normalized spacial score (nSPS) is 21.1. The molecule has 1 unspecified atom stereocenters. The van der Waals surface area contributed by atoms with Gasteiger partial charge in [-0.15, -0.1) is 11.3 Å². The molecule has 0 aromatic carbocycles. The first-order valence-corrected chi connectivity index (χ1v) is 6.13. The third-order valence-corrected chi connectivity index (χ3v) is 3.82. The SMILES string of the molecule is CNCc1sc(C2CCOC2)nc1C(F)(F)F. The van der Waals surface area contributed by atoms with E-state index in [4.69, 9.17) is 4.74 Å². The third kappa shape index (κ3) is 2.78. The summed E-state index contributed by atoms with van der Waals surface area (Å²) in [7, 11) is 1.62. The summed E-state index contributed by atoms with van der Waals surface area (Å²) in [5, 5.41) is 3.28. The van der Waals surface area contributed by atoms with Crippen LogP contribution in [0.4, 0.5) is 13.2 Å². The van der Waals surface area contributed by atoms with Gasteiger partial charge in [-0.1, -0.05) is 0 Å². The van der Waals surface area contributed by atoms with E-state index in [1.807, 2.05) is 0 Å². The molecule has 2 rings (SSSR count). The fourth-order valence-corrected chi connectivity index (χ4v) is 2.99. The van der Waals surface area contributed by atoms with E-state index in [1.54, 1.807) is 7.05 Å². The number of hydrogen-bond acceptors (Lipinski definition) is 4. The summed E-state index contributed by atoms with van der Waals surface area (Å²) in [4.78, 5) is 4.01. The van der Waals surface area contributed by atoms with Gasteiger partial charge in [0.1, 0.15) is 0 Å². The van der Waals surface area contributed by atoms with E-state index in [9.17, 15) is 13.2 Å². The van der Waals surface area contributed by atoms with E-state index in [-0.39, 0.29) is 17.3 Å². The smallest absolute Gasteiger partial charge is 0.381 e. The van der Waals surface area contributed by atoms with Crippen molar-refractivity contribution in [3.63, 3.8) is 0 Å². The van der Waals surface area contributed by atoms with Crippen LogP contribution >= 0.6 is 11.3 Å². The zero-order valence-corrected chi connectivity index (χ0v) is 10.1. The minimum atomic E-state index is -4.37. The Hall–Kier alpha value is -0.660. The molecule has 1 aliphatic heterocycles. The minimum Gasteiger partial charge on any atom is -0.381 e. The molecule has 1 aromatic rings. The molecule has 1 N–H and O–H groups in total. The van der Waals surface area contributed by atoms with Crippen molar-refractivity contribution in [3.05, 3.63) is 15.6 Å². The van der Waals surface area contributed by atoms with Gasteiger partial charge < -0.3 is 10.1 Å². The predicted octanol–water partition coefficient (Wildman–Crippen LogP) is 2.39. The average molecular weight is 266 g/mol. The molecule has 1 atom stereocenters. The number of rotatable bonds is 3. The summed E-state index contributed by atoms with van der Waals surface area (Å²) < 4.78 is 43.4. The van der Waals surface area contributed by atoms with E-state index in [0.717, 1.165) is 17.8 Å². The zero-order valence-electron chi connectivity index (χ0n) is 9.30. The number of aromatic nitrogens is 1. The lowest BCUT2D eigenvalue weighted by Crippen LogP contribution is -2.13. The Kier molecular flexibility index (Phi) is 3.70. The lowest BCUT2D eigenvalue weighted by Gasteiger charge is -2.05. The van der Waals surface area contributed by atoms with Crippen LogP contribution in [0.1, 0.15) is 27.9 Å². The largest absolute Gasteiger partial charge is 0.434 e. The highest BCUT2D eigenvalue weighted by Crippen LogP contribution is 2.38. The van der Waals surface area contributed by atoms with Gasteiger partial charge in [-0.2, -0.15) is 13.2 Å². The van der Waals surface area contributed by atoms with Crippen LogP contribution in [0.5, 0.6) is 0 Å². The third-order valence-electron chi connectivity index (χ3n) is 2.60. The Morgan fingerprint density at radius 2 is 2.29 bits per heavy atom. The Labute approximate surface area is 101 Å². The summed E-state index contributed by atoms with van der Waals surface area (Å²) in [6, 6.07) is 0. The van der Waals surface area contributed by atoms with E-state index >= 15 is 0 Å². The first-order chi connectivity index (χ1) is 8.02. The summed E-state index contributed by atoms with van der Waals surface area (Å²) in [6.45, 7) is 1.27. The summed E-state index contributed by atoms with van der Waals surface area (Å²) in [5.74, 6) is 0.0201. The van der Waals surface area contributed by atoms with Crippen molar-refractivity contribution in [3.8, 4) is 0 Å². The van der Waals surface area contributed by atoms with Crippen molar-refractivity contribution in [1.29, 1.82) is 0 Å². The molecule has 0 bridgehead atoms. The van der Waals surface area contributed by atoms with Crippen LogP contribution in [-0.2, 0) is 17.5 Å². The molecule has 1 fully saturated rings. The van der Waals surface area contributed by atoms with Gasteiger partial charge in [0.05, 0.1) is 16.5 Å². The maximum atomic E-state index is 12.8. The van der Waals surface area contributed by atoms with Gasteiger partial charge in [0, 0.05) is 19.1 Å². The van der Waals surface area contributed by atoms with Crippen LogP contribution in [0.15, 0.2) is 0 Å². The highest BCUT2D eigenvalue weighted by Gasteiger charge is 2.38. The molecule has 0 radical (unpaired) electrons. The lowest BCUT2D eigenvalue weighted by molar-refractivity contribution is -0.141. The average Bonchev–Trinajstić information content (AvgIpc) is 2.82. The standard InChI is InChI=1S/C10H13F3N2OS/c1-14-4-7-8(10(11,12)13)15-9(17-7)6-2-3-16-5-6/h6,14H,2-5H2,1H3. The highest BCUT2D eigenvalue weighted by molar-refractivity contribution is 7.11. The van der Waals surface area contributed by atoms with Crippen LogP contribution in [-0.4, -0.2) is 25.2 Å². The van der Waals surface area contributed by atoms with Gasteiger partial charge in [0.2, 0.25) is 0 Å². The van der Waals surface area contributed by atoms with E-state index in [0.29, 0.717) is 18.2 Å². The summed E-state index contributed by atoms with van der Waals surface area (Å²) in [6.07, 6.45) is -3.62. The second-order valence-electron chi connectivity index (χ2n) is 3.91. The predicted molar refractivity (Wildman–Crippen MR) is 58.1 cm³/mol. The monoisotopic (exact) mass is 266 g/mol. The van der Waals surface area contributed by atoms with Gasteiger partial charge >= 0.3 is 6.18 Å². The number of hydrogen-bond donors (Lipinski definition) is 1. The van der Waals surface area contributed by atoms with Crippen molar-refractivity contribution in [2.45, 2.75) is 25.1 Å². The Morgan fingerprint density at radius 3 is 2.82 bits per heavy atom. The molecule has 3 nitrogen and oxygen atoms in total. The number of thiazole rings is 1. The molecule has 0 saturated carbocycles. The fraction of sp³-hybridized carbons (Fsp3) is 0.700. The quantitative estimate of drug-likeness (QED) is 0.912. The number of ether oxygens (including phenoxy) is 1. The fourth-order valence-electron chi connectivity index (χ4n) is 1.78. The molecule has 7 heteroatoms. The molecule has 0 aliphatic carbocycles. The molecule has 0 amide bonds. The number of alkyl halides is 3. The Balaban J connectivity index is 2.29. The molecule has 17 heavy (non-hydrogen) atoms. The van der Waals surface area contributed by atoms with Crippen LogP contribution in [0.3, 0.4) is 0 Å². The second-order valence-corrected chi connectivity index (χ2v) is 5.03. The van der Waals surface area contributed by atoms with E-state index in [1.165, 1.54) is 0 Å². The van der Waals surface area contributed by atoms with Crippen LogP contribution in [0, 0.1) is 0 Å². The maximum Gasteiger partial charge on any atom is 0.434 e. The number of nitrogens with one attached hydrogen (secondary N) is 1. The van der Waals surface area contributed by atoms with E-state index in [2.05, 4.69) is 10.3 Å². The van der Waals surface area contributed by atoms with E-state index < -0.39 is 11.9 Å². The first-order valence-electron chi connectivity index (χ1n) is 5.31. The van der Waals surface area contributed by atoms with Crippen LogP contribution < -0.4 is 5.32 Å². The molecule has 0 spiro atoms. The highest BCUT2D eigenvalue weighted by atomic mass is 32.1. The zero-order chi connectivity index (χ0) is 12.5. The van der Waals surface area contributed by atoms with Crippen molar-refractivity contribution in [2.75, 3.05) is 20.3 Å². The molecule has 1 saturated heterocycles. The second kappa shape index (κ2) is 4.91. The summed E-state index contributed by atoms with van der Waals surface area (Å²) >= 11 is 1.13. The molecule has 96 valence electrons.